The first-order valence-corrected chi connectivity index (χ1v) is 6.47. The van der Waals surface area contributed by atoms with Gasteiger partial charge in [-0.25, -0.2) is 0 Å². The predicted molar refractivity (Wildman–Crippen MR) is 79.7 cm³/mol. The minimum atomic E-state index is -0.365. The molecule has 4 aromatic rings. The summed E-state index contributed by atoms with van der Waals surface area (Å²) in [6.07, 6.45) is 3.55. The maximum atomic E-state index is 11.4. The lowest BCUT2D eigenvalue weighted by Gasteiger charge is -2.04. The Morgan fingerprint density at radius 3 is 2.48 bits per heavy atom. The Morgan fingerprint density at radius 1 is 0.952 bits per heavy atom. The molecule has 0 atom stereocenters. The lowest BCUT2D eigenvalue weighted by Crippen LogP contribution is -1.97. The molecule has 4 rings (SSSR count). The molecular weight excluding hydrogens is 268 g/mol. The highest BCUT2D eigenvalue weighted by molar-refractivity contribution is 6.06. The van der Waals surface area contributed by atoms with E-state index in [4.69, 9.17) is 4.42 Å². The summed E-state index contributed by atoms with van der Waals surface area (Å²) in [4.78, 5) is 11.0. The van der Waals surface area contributed by atoms with Gasteiger partial charge in [0.05, 0.1) is 4.92 Å². The third-order valence-electron chi connectivity index (χ3n) is 3.55. The molecule has 102 valence electrons. The maximum absolute atomic E-state index is 11.4. The number of nitro benzene ring substituents is 1. The number of nitrogens with zero attached hydrogens (tertiary/aromatic N) is 2. The standard InChI is InChI=1S/C16H10N2O3/c19-18(20)14-9-12-11-5-1-2-6-15(11)21-16(12)10-13(14)17-7-3-4-8-17/h1-10H. The van der Waals surface area contributed by atoms with E-state index < -0.39 is 0 Å². The van der Waals surface area contributed by atoms with Gasteiger partial charge in [-0.3, -0.25) is 10.1 Å². The predicted octanol–water partition coefficient (Wildman–Crippen LogP) is 4.28. The van der Waals surface area contributed by atoms with Crippen molar-refractivity contribution in [1.82, 2.24) is 4.57 Å². The van der Waals surface area contributed by atoms with Crippen LogP contribution < -0.4 is 0 Å². The first-order chi connectivity index (χ1) is 10.2. The fraction of sp³-hybridized carbons (Fsp3) is 0. The number of rotatable bonds is 2. The van der Waals surface area contributed by atoms with Crippen LogP contribution in [0.4, 0.5) is 5.69 Å². The van der Waals surface area contributed by atoms with Crippen molar-refractivity contribution in [3.8, 4) is 5.69 Å². The molecule has 0 fully saturated rings. The van der Waals surface area contributed by atoms with E-state index in [-0.39, 0.29) is 10.6 Å². The summed E-state index contributed by atoms with van der Waals surface area (Å²) in [5.74, 6) is 0. The first-order valence-electron chi connectivity index (χ1n) is 6.47. The summed E-state index contributed by atoms with van der Waals surface area (Å²) < 4.78 is 7.50. The summed E-state index contributed by atoms with van der Waals surface area (Å²) in [7, 11) is 0. The van der Waals surface area contributed by atoms with Gasteiger partial charge in [-0.05, 0) is 18.2 Å². The van der Waals surface area contributed by atoms with Crippen LogP contribution in [-0.4, -0.2) is 9.49 Å². The number of hydrogen-bond donors (Lipinski definition) is 0. The van der Waals surface area contributed by atoms with Crippen LogP contribution in [0, 0.1) is 10.1 Å². The van der Waals surface area contributed by atoms with E-state index >= 15 is 0 Å². The number of nitro groups is 1. The van der Waals surface area contributed by atoms with Crippen molar-refractivity contribution in [2.24, 2.45) is 0 Å². The van der Waals surface area contributed by atoms with Crippen molar-refractivity contribution in [2.45, 2.75) is 0 Å². The quantitative estimate of drug-likeness (QED) is 0.406. The highest BCUT2D eigenvalue weighted by Gasteiger charge is 2.19. The van der Waals surface area contributed by atoms with Crippen LogP contribution in [-0.2, 0) is 0 Å². The average molecular weight is 278 g/mol. The molecular formula is C16H10N2O3. The molecule has 0 unspecified atom stereocenters. The van der Waals surface area contributed by atoms with E-state index in [0.717, 1.165) is 16.4 Å². The highest BCUT2D eigenvalue weighted by Crippen LogP contribution is 2.35. The molecule has 0 aliphatic rings. The molecule has 0 spiro atoms. The second kappa shape index (κ2) is 4.21. The SMILES string of the molecule is O=[N+]([O-])c1cc2c(cc1-n1cccc1)oc1ccccc12. The fourth-order valence-electron chi connectivity index (χ4n) is 2.60. The molecule has 5 nitrogen and oxygen atoms in total. The summed E-state index contributed by atoms with van der Waals surface area (Å²) in [5.41, 5.74) is 1.93. The zero-order chi connectivity index (χ0) is 14.4. The number of fused-ring (bicyclic) bond motifs is 3. The normalized spacial score (nSPS) is 11.2. The van der Waals surface area contributed by atoms with Crippen molar-refractivity contribution in [3.63, 3.8) is 0 Å². The largest absolute Gasteiger partial charge is 0.456 e. The molecule has 0 aliphatic heterocycles. The van der Waals surface area contributed by atoms with Crippen molar-refractivity contribution in [1.29, 1.82) is 0 Å². The Balaban J connectivity index is 2.12. The first kappa shape index (κ1) is 11.7. The third-order valence-corrected chi connectivity index (χ3v) is 3.55. The van der Waals surface area contributed by atoms with E-state index in [1.807, 2.05) is 36.4 Å². The van der Waals surface area contributed by atoms with Crippen molar-refractivity contribution in [3.05, 3.63) is 71.0 Å². The number of furan rings is 1. The maximum Gasteiger partial charge on any atom is 0.294 e. The number of aromatic nitrogens is 1. The van der Waals surface area contributed by atoms with E-state index in [9.17, 15) is 10.1 Å². The summed E-state index contributed by atoms with van der Waals surface area (Å²) in [5, 5.41) is 13.0. The third kappa shape index (κ3) is 1.71. The van der Waals surface area contributed by atoms with Gasteiger partial charge in [-0.1, -0.05) is 18.2 Å². The van der Waals surface area contributed by atoms with Crippen molar-refractivity contribution in [2.75, 3.05) is 0 Å². The molecule has 5 heteroatoms. The molecule has 0 saturated carbocycles. The van der Waals surface area contributed by atoms with Gasteiger partial charge < -0.3 is 8.98 Å². The Bertz CT molecular complexity index is 968. The average Bonchev–Trinajstić information content (AvgIpc) is 3.13. The topological polar surface area (TPSA) is 61.2 Å². The van der Waals surface area contributed by atoms with Gasteiger partial charge in [0, 0.05) is 35.3 Å². The fourth-order valence-corrected chi connectivity index (χ4v) is 2.60. The molecule has 2 heterocycles. The summed E-state index contributed by atoms with van der Waals surface area (Å²) in [6, 6.07) is 14.5. The van der Waals surface area contributed by atoms with Crippen molar-refractivity contribution < 1.29 is 9.34 Å². The van der Waals surface area contributed by atoms with Crippen LogP contribution in [0.3, 0.4) is 0 Å². The van der Waals surface area contributed by atoms with Gasteiger partial charge in [-0.15, -0.1) is 0 Å². The Kier molecular flexibility index (Phi) is 2.35. The monoisotopic (exact) mass is 278 g/mol. The number of benzene rings is 2. The van der Waals surface area contributed by atoms with Gasteiger partial charge in [-0.2, -0.15) is 0 Å². The van der Waals surface area contributed by atoms with Gasteiger partial charge in [0.1, 0.15) is 16.9 Å². The molecule has 0 saturated heterocycles. The zero-order valence-corrected chi connectivity index (χ0v) is 10.9. The molecule has 2 aromatic carbocycles. The molecule has 0 radical (unpaired) electrons. The summed E-state index contributed by atoms with van der Waals surface area (Å²) in [6.45, 7) is 0. The highest BCUT2D eigenvalue weighted by atomic mass is 16.6. The molecule has 0 N–H and O–H groups in total. The smallest absolute Gasteiger partial charge is 0.294 e. The van der Waals surface area contributed by atoms with Gasteiger partial charge in [0.25, 0.3) is 5.69 Å². The second-order valence-corrected chi connectivity index (χ2v) is 4.78. The minimum absolute atomic E-state index is 0.0604. The van der Waals surface area contributed by atoms with Crippen LogP contribution in [0.25, 0.3) is 27.6 Å². The van der Waals surface area contributed by atoms with Crippen molar-refractivity contribution >= 4 is 27.6 Å². The van der Waals surface area contributed by atoms with Crippen LogP contribution in [0.5, 0.6) is 0 Å². The van der Waals surface area contributed by atoms with Crippen LogP contribution in [0.15, 0.2) is 65.3 Å². The Morgan fingerprint density at radius 2 is 1.71 bits per heavy atom. The molecule has 2 aromatic heterocycles. The van der Waals surface area contributed by atoms with Gasteiger partial charge in [0.2, 0.25) is 0 Å². The van der Waals surface area contributed by atoms with Crippen LogP contribution >= 0.6 is 0 Å². The lowest BCUT2D eigenvalue weighted by molar-refractivity contribution is -0.384. The zero-order valence-electron chi connectivity index (χ0n) is 10.9. The van der Waals surface area contributed by atoms with E-state index in [2.05, 4.69) is 0 Å². The van der Waals surface area contributed by atoms with Crippen LogP contribution in [0.2, 0.25) is 0 Å². The molecule has 0 bridgehead atoms. The van der Waals surface area contributed by atoms with Crippen LogP contribution in [0.1, 0.15) is 0 Å². The van der Waals surface area contributed by atoms with E-state index in [1.165, 1.54) is 0 Å². The number of hydrogen-bond acceptors (Lipinski definition) is 3. The second-order valence-electron chi connectivity index (χ2n) is 4.78. The van der Waals surface area contributed by atoms with Gasteiger partial charge in [0.15, 0.2) is 0 Å². The molecule has 21 heavy (non-hydrogen) atoms. The molecule has 0 amide bonds. The van der Waals surface area contributed by atoms with E-state index in [0.29, 0.717) is 11.3 Å². The number of para-hydroxylation sites is 1. The van der Waals surface area contributed by atoms with E-state index in [1.54, 1.807) is 29.1 Å². The Hall–Kier alpha value is -3.08. The summed E-state index contributed by atoms with van der Waals surface area (Å²) >= 11 is 0. The lowest BCUT2D eigenvalue weighted by atomic mass is 10.1. The Labute approximate surface area is 119 Å². The molecule has 0 aliphatic carbocycles. The van der Waals surface area contributed by atoms with Gasteiger partial charge >= 0.3 is 0 Å². The minimum Gasteiger partial charge on any atom is -0.456 e.